The van der Waals surface area contributed by atoms with E-state index in [1.165, 1.54) is 0 Å². The van der Waals surface area contributed by atoms with Crippen molar-refractivity contribution in [3.8, 4) is 0 Å². The lowest BCUT2D eigenvalue weighted by molar-refractivity contribution is -0.153. The molecule has 0 spiro atoms. The Hall–Kier alpha value is -0.570. The Bertz CT molecular complexity index is 171. The van der Waals surface area contributed by atoms with Gasteiger partial charge in [-0.25, -0.2) is 0 Å². The van der Waals surface area contributed by atoms with Crippen molar-refractivity contribution in [2.45, 2.75) is 26.7 Å². The number of ether oxygens (including phenoxy) is 1. The first-order chi connectivity index (χ1) is 5.57. The fraction of sp³-hybridized carbons (Fsp3) is 0.889. The van der Waals surface area contributed by atoms with Crippen LogP contribution in [0.5, 0.6) is 0 Å². The van der Waals surface area contributed by atoms with Crippen LogP contribution >= 0.6 is 0 Å². The minimum atomic E-state index is -0.707. The standard InChI is InChI=1S/C9H16O3/c1-7(2)9(5-12-6-9)4-3-8(10)11/h7H,3-6H2,1-2H3,(H,10,11). The van der Waals surface area contributed by atoms with E-state index in [-0.39, 0.29) is 11.8 Å². The van der Waals surface area contributed by atoms with Crippen molar-refractivity contribution in [1.82, 2.24) is 0 Å². The Morgan fingerprint density at radius 1 is 1.58 bits per heavy atom. The smallest absolute Gasteiger partial charge is 0.303 e. The summed E-state index contributed by atoms with van der Waals surface area (Å²) in [5.41, 5.74) is 0.151. The van der Waals surface area contributed by atoms with Crippen LogP contribution in [0, 0.1) is 11.3 Å². The highest BCUT2D eigenvalue weighted by Crippen LogP contribution is 2.39. The number of rotatable bonds is 4. The van der Waals surface area contributed by atoms with Crippen LogP contribution in [0.25, 0.3) is 0 Å². The summed E-state index contributed by atoms with van der Waals surface area (Å²) >= 11 is 0. The number of carboxylic acid groups (broad SMARTS) is 1. The van der Waals surface area contributed by atoms with Crippen LogP contribution in [0.2, 0.25) is 0 Å². The van der Waals surface area contributed by atoms with E-state index in [0.717, 1.165) is 19.6 Å². The average molecular weight is 172 g/mol. The second-order valence-corrected chi connectivity index (χ2v) is 3.90. The number of hydrogen-bond acceptors (Lipinski definition) is 2. The summed E-state index contributed by atoms with van der Waals surface area (Å²) in [6.45, 7) is 5.73. The highest BCUT2D eigenvalue weighted by Gasteiger charge is 2.41. The van der Waals surface area contributed by atoms with Gasteiger partial charge >= 0.3 is 5.97 Å². The van der Waals surface area contributed by atoms with Gasteiger partial charge in [0.15, 0.2) is 0 Å². The summed E-state index contributed by atoms with van der Waals surface area (Å²) in [6, 6.07) is 0. The van der Waals surface area contributed by atoms with Crippen LogP contribution in [0.1, 0.15) is 26.7 Å². The lowest BCUT2D eigenvalue weighted by atomic mass is 9.72. The fourth-order valence-electron chi connectivity index (χ4n) is 1.49. The summed E-state index contributed by atoms with van der Waals surface area (Å²) in [6.07, 6.45) is 1.02. The van der Waals surface area contributed by atoms with Gasteiger partial charge in [-0.2, -0.15) is 0 Å². The molecule has 1 saturated heterocycles. The largest absolute Gasteiger partial charge is 0.481 e. The fourth-order valence-corrected chi connectivity index (χ4v) is 1.49. The molecule has 0 aromatic carbocycles. The third-order valence-electron chi connectivity index (χ3n) is 2.84. The lowest BCUT2D eigenvalue weighted by Crippen LogP contribution is -2.46. The number of aliphatic carboxylic acids is 1. The highest BCUT2D eigenvalue weighted by atomic mass is 16.5. The zero-order valence-corrected chi connectivity index (χ0v) is 7.67. The van der Waals surface area contributed by atoms with Gasteiger partial charge in [-0.1, -0.05) is 13.8 Å². The van der Waals surface area contributed by atoms with Crippen LogP contribution in [0.3, 0.4) is 0 Å². The quantitative estimate of drug-likeness (QED) is 0.699. The first-order valence-corrected chi connectivity index (χ1v) is 4.36. The second-order valence-electron chi connectivity index (χ2n) is 3.90. The van der Waals surface area contributed by atoms with E-state index in [0.29, 0.717) is 5.92 Å². The molecule has 1 N–H and O–H groups in total. The third-order valence-corrected chi connectivity index (χ3v) is 2.84. The summed E-state index contributed by atoms with van der Waals surface area (Å²) in [7, 11) is 0. The molecule has 0 aromatic heterocycles. The summed E-state index contributed by atoms with van der Waals surface area (Å²) < 4.78 is 5.14. The Kier molecular flexibility index (Phi) is 2.73. The monoisotopic (exact) mass is 172 g/mol. The number of carboxylic acids is 1. The number of carbonyl (C=O) groups is 1. The topological polar surface area (TPSA) is 46.5 Å². The van der Waals surface area contributed by atoms with Gasteiger partial charge < -0.3 is 9.84 Å². The molecule has 0 unspecified atom stereocenters. The molecule has 0 atom stereocenters. The summed E-state index contributed by atoms with van der Waals surface area (Å²) in [5, 5.41) is 8.54. The van der Waals surface area contributed by atoms with Gasteiger partial charge in [0.1, 0.15) is 0 Å². The molecule has 3 heteroatoms. The Morgan fingerprint density at radius 2 is 2.17 bits per heavy atom. The van der Waals surface area contributed by atoms with Crippen molar-refractivity contribution < 1.29 is 14.6 Å². The van der Waals surface area contributed by atoms with Crippen molar-refractivity contribution in [3.63, 3.8) is 0 Å². The minimum absolute atomic E-state index is 0.151. The predicted octanol–water partition coefficient (Wildman–Crippen LogP) is 1.52. The van der Waals surface area contributed by atoms with Crippen molar-refractivity contribution in [3.05, 3.63) is 0 Å². The van der Waals surface area contributed by atoms with Crippen molar-refractivity contribution >= 4 is 5.97 Å². The van der Waals surface area contributed by atoms with E-state index in [1.807, 2.05) is 0 Å². The zero-order valence-electron chi connectivity index (χ0n) is 7.67. The molecule has 3 nitrogen and oxygen atoms in total. The van der Waals surface area contributed by atoms with Gasteiger partial charge in [-0.15, -0.1) is 0 Å². The predicted molar refractivity (Wildman–Crippen MR) is 45.0 cm³/mol. The van der Waals surface area contributed by atoms with E-state index in [1.54, 1.807) is 0 Å². The van der Waals surface area contributed by atoms with Gasteiger partial charge in [0.25, 0.3) is 0 Å². The molecule has 12 heavy (non-hydrogen) atoms. The van der Waals surface area contributed by atoms with E-state index < -0.39 is 5.97 Å². The summed E-state index contributed by atoms with van der Waals surface area (Å²) in [4.78, 5) is 10.4. The molecular formula is C9H16O3. The van der Waals surface area contributed by atoms with E-state index in [9.17, 15) is 4.79 Å². The van der Waals surface area contributed by atoms with E-state index >= 15 is 0 Å². The van der Waals surface area contributed by atoms with E-state index in [2.05, 4.69) is 13.8 Å². The molecule has 1 heterocycles. The van der Waals surface area contributed by atoms with Crippen molar-refractivity contribution in [2.75, 3.05) is 13.2 Å². The van der Waals surface area contributed by atoms with Gasteiger partial charge in [0, 0.05) is 11.8 Å². The van der Waals surface area contributed by atoms with Gasteiger partial charge in [-0.3, -0.25) is 4.79 Å². The first-order valence-electron chi connectivity index (χ1n) is 4.36. The molecule has 0 aromatic rings. The summed E-state index contributed by atoms with van der Waals surface area (Å²) in [5.74, 6) is -0.187. The lowest BCUT2D eigenvalue weighted by Gasteiger charge is -2.44. The van der Waals surface area contributed by atoms with Crippen LogP contribution in [-0.4, -0.2) is 24.3 Å². The first kappa shape index (κ1) is 9.52. The molecule has 0 saturated carbocycles. The maximum atomic E-state index is 10.4. The Labute approximate surface area is 72.7 Å². The Morgan fingerprint density at radius 3 is 2.42 bits per heavy atom. The molecule has 0 radical (unpaired) electrons. The van der Waals surface area contributed by atoms with Crippen LogP contribution < -0.4 is 0 Å². The molecular weight excluding hydrogens is 156 g/mol. The zero-order chi connectivity index (χ0) is 9.19. The van der Waals surface area contributed by atoms with Crippen molar-refractivity contribution in [2.24, 2.45) is 11.3 Å². The maximum Gasteiger partial charge on any atom is 0.303 e. The van der Waals surface area contributed by atoms with Crippen LogP contribution in [-0.2, 0) is 9.53 Å². The minimum Gasteiger partial charge on any atom is -0.481 e. The van der Waals surface area contributed by atoms with E-state index in [4.69, 9.17) is 9.84 Å². The van der Waals surface area contributed by atoms with Gasteiger partial charge in [-0.05, 0) is 12.3 Å². The molecule has 0 aliphatic carbocycles. The second kappa shape index (κ2) is 3.44. The molecule has 0 amide bonds. The molecule has 1 aliphatic rings. The van der Waals surface area contributed by atoms with Crippen LogP contribution in [0.15, 0.2) is 0 Å². The average Bonchev–Trinajstić information content (AvgIpc) is 1.83. The van der Waals surface area contributed by atoms with Crippen LogP contribution in [0.4, 0.5) is 0 Å². The normalized spacial score (nSPS) is 20.6. The molecule has 70 valence electrons. The Balaban J connectivity index is 2.40. The van der Waals surface area contributed by atoms with Gasteiger partial charge in [0.05, 0.1) is 13.2 Å². The highest BCUT2D eigenvalue weighted by molar-refractivity contribution is 5.66. The third kappa shape index (κ3) is 1.78. The molecule has 0 bridgehead atoms. The number of hydrogen-bond donors (Lipinski definition) is 1. The van der Waals surface area contributed by atoms with Gasteiger partial charge in [0.2, 0.25) is 0 Å². The molecule has 1 fully saturated rings. The maximum absolute atomic E-state index is 10.4. The molecule has 1 aliphatic heterocycles. The van der Waals surface area contributed by atoms with Crippen molar-refractivity contribution in [1.29, 1.82) is 0 Å². The SMILES string of the molecule is CC(C)C1(CCC(=O)O)COC1. The molecule has 1 rings (SSSR count).